The number of likely N-dealkylation sites (tertiary alicyclic amines) is 1. The molecule has 0 spiro atoms. The molecular weight excluding hydrogens is 496 g/mol. The molecule has 2 aliphatic rings. The molecule has 29 heavy (non-hydrogen) atoms. The molecule has 164 valence electrons. The van der Waals surface area contributed by atoms with Crippen LogP contribution in [0.3, 0.4) is 0 Å². The molecule has 1 aromatic rings. The molecular formula is C20H30F3IN4O. The number of hydrogen-bond acceptors (Lipinski definition) is 3. The molecule has 1 saturated carbocycles. The van der Waals surface area contributed by atoms with Gasteiger partial charge in [0.2, 0.25) is 0 Å². The SMILES string of the molecule is CCNC(=NCC1(O)CCC1)NC1CCN(Cc2ccc(C(F)(F)F)cc2)C1.I. The van der Waals surface area contributed by atoms with Crippen molar-refractivity contribution in [3.63, 3.8) is 0 Å². The van der Waals surface area contributed by atoms with Gasteiger partial charge in [-0.05, 0) is 50.3 Å². The number of nitrogens with one attached hydrogen (secondary N) is 2. The first kappa shape index (κ1) is 24.2. The van der Waals surface area contributed by atoms with Crippen molar-refractivity contribution in [3.05, 3.63) is 35.4 Å². The van der Waals surface area contributed by atoms with E-state index < -0.39 is 17.3 Å². The van der Waals surface area contributed by atoms with E-state index in [2.05, 4.69) is 20.5 Å². The Morgan fingerprint density at radius 1 is 1.28 bits per heavy atom. The number of benzene rings is 1. The summed E-state index contributed by atoms with van der Waals surface area (Å²) in [4.78, 5) is 6.76. The van der Waals surface area contributed by atoms with E-state index >= 15 is 0 Å². The van der Waals surface area contributed by atoms with Crippen LogP contribution in [-0.2, 0) is 12.7 Å². The molecule has 9 heteroatoms. The Kier molecular flexibility index (Phi) is 8.59. The van der Waals surface area contributed by atoms with Gasteiger partial charge in [0.1, 0.15) is 0 Å². The Morgan fingerprint density at radius 2 is 1.97 bits per heavy atom. The Morgan fingerprint density at radius 3 is 2.52 bits per heavy atom. The molecule has 1 aromatic carbocycles. The fourth-order valence-corrected chi connectivity index (χ4v) is 3.63. The predicted octanol–water partition coefficient (Wildman–Crippen LogP) is 3.37. The normalized spacial score (nSPS) is 22.0. The zero-order chi connectivity index (χ0) is 20.2. The van der Waals surface area contributed by atoms with E-state index in [1.165, 1.54) is 0 Å². The van der Waals surface area contributed by atoms with E-state index in [0.29, 0.717) is 19.0 Å². The van der Waals surface area contributed by atoms with Gasteiger partial charge in [0.15, 0.2) is 5.96 Å². The van der Waals surface area contributed by atoms with Crippen molar-refractivity contribution in [2.24, 2.45) is 4.99 Å². The van der Waals surface area contributed by atoms with Crippen molar-refractivity contribution < 1.29 is 18.3 Å². The number of nitrogens with zero attached hydrogens (tertiary/aromatic N) is 2. The van der Waals surface area contributed by atoms with Crippen LogP contribution in [-0.4, -0.2) is 53.8 Å². The van der Waals surface area contributed by atoms with Gasteiger partial charge in [-0.3, -0.25) is 9.89 Å². The van der Waals surface area contributed by atoms with Gasteiger partial charge in [-0.25, -0.2) is 0 Å². The minimum atomic E-state index is -4.30. The third-order valence-electron chi connectivity index (χ3n) is 5.46. The van der Waals surface area contributed by atoms with Gasteiger partial charge in [-0.15, -0.1) is 24.0 Å². The summed E-state index contributed by atoms with van der Waals surface area (Å²) in [7, 11) is 0. The van der Waals surface area contributed by atoms with Crippen molar-refractivity contribution in [2.75, 3.05) is 26.2 Å². The smallest absolute Gasteiger partial charge is 0.388 e. The summed E-state index contributed by atoms with van der Waals surface area (Å²) in [5.74, 6) is 0.712. The first-order valence-corrected chi connectivity index (χ1v) is 9.93. The zero-order valence-electron chi connectivity index (χ0n) is 16.6. The lowest BCUT2D eigenvalue weighted by Crippen LogP contribution is -2.46. The molecule has 5 nitrogen and oxygen atoms in total. The standard InChI is InChI=1S/C20H29F3N4O.HI/c1-2-24-18(25-14-19(28)9-3-10-19)26-17-8-11-27(13-17)12-15-4-6-16(7-5-15)20(21,22)23;/h4-7,17,28H,2-3,8-14H2,1H3,(H2,24,25,26);1H. The van der Waals surface area contributed by atoms with Crippen molar-refractivity contribution in [1.29, 1.82) is 0 Å². The van der Waals surface area contributed by atoms with Crippen LogP contribution in [0.25, 0.3) is 0 Å². The highest BCUT2D eigenvalue weighted by molar-refractivity contribution is 14.0. The maximum Gasteiger partial charge on any atom is 0.416 e. The molecule has 1 unspecified atom stereocenters. The topological polar surface area (TPSA) is 59.9 Å². The number of hydrogen-bond donors (Lipinski definition) is 3. The summed E-state index contributed by atoms with van der Waals surface area (Å²) >= 11 is 0. The van der Waals surface area contributed by atoms with Gasteiger partial charge in [-0.1, -0.05) is 12.1 Å². The lowest BCUT2D eigenvalue weighted by Gasteiger charge is -2.35. The molecule has 0 amide bonds. The lowest BCUT2D eigenvalue weighted by atomic mass is 9.80. The molecule has 3 N–H and O–H groups in total. The summed E-state index contributed by atoms with van der Waals surface area (Å²) in [6.45, 7) is 5.46. The summed E-state index contributed by atoms with van der Waals surface area (Å²) < 4.78 is 38.0. The lowest BCUT2D eigenvalue weighted by molar-refractivity contribution is -0.137. The van der Waals surface area contributed by atoms with E-state index in [0.717, 1.165) is 63.0 Å². The number of aliphatic imine (C=N–C) groups is 1. The molecule has 1 heterocycles. The minimum Gasteiger partial charge on any atom is -0.388 e. The molecule has 1 atom stereocenters. The van der Waals surface area contributed by atoms with Crippen LogP contribution in [0.4, 0.5) is 13.2 Å². The van der Waals surface area contributed by atoms with Gasteiger partial charge in [0.25, 0.3) is 0 Å². The second kappa shape index (κ2) is 10.3. The van der Waals surface area contributed by atoms with E-state index in [1.807, 2.05) is 6.92 Å². The quantitative estimate of drug-likeness (QED) is 0.303. The molecule has 3 rings (SSSR count). The van der Waals surface area contributed by atoms with Crippen molar-refractivity contribution in [2.45, 2.75) is 57.0 Å². The number of aliphatic hydroxyl groups is 1. The molecule has 0 radical (unpaired) electrons. The Bertz CT molecular complexity index is 677. The first-order chi connectivity index (χ1) is 13.3. The predicted molar refractivity (Wildman–Crippen MR) is 118 cm³/mol. The summed E-state index contributed by atoms with van der Waals surface area (Å²) in [5.41, 5.74) is -0.384. The molecule has 1 saturated heterocycles. The van der Waals surface area contributed by atoms with Crippen molar-refractivity contribution >= 4 is 29.9 Å². The third kappa shape index (κ3) is 6.99. The van der Waals surface area contributed by atoms with Crippen LogP contribution in [0.2, 0.25) is 0 Å². The Hall–Kier alpha value is -1.07. The summed E-state index contributed by atoms with van der Waals surface area (Å²) in [5, 5.41) is 16.9. The average molecular weight is 526 g/mol. The van der Waals surface area contributed by atoms with Gasteiger partial charge >= 0.3 is 6.18 Å². The molecule has 0 aromatic heterocycles. The van der Waals surface area contributed by atoms with Crippen molar-refractivity contribution in [3.8, 4) is 0 Å². The highest BCUT2D eigenvalue weighted by Crippen LogP contribution is 2.31. The number of guanidine groups is 1. The van der Waals surface area contributed by atoms with Gasteiger partial charge in [-0.2, -0.15) is 13.2 Å². The van der Waals surface area contributed by atoms with Crippen LogP contribution >= 0.6 is 24.0 Å². The second-order valence-corrected chi connectivity index (χ2v) is 7.83. The maximum atomic E-state index is 12.7. The van der Waals surface area contributed by atoms with Crippen LogP contribution in [0.15, 0.2) is 29.3 Å². The van der Waals surface area contributed by atoms with Crippen LogP contribution in [0.1, 0.15) is 43.7 Å². The van der Waals surface area contributed by atoms with Crippen LogP contribution in [0.5, 0.6) is 0 Å². The fourth-order valence-electron chi connectivity index (χ4n) is 3.63. The first-order valence-electron chi connectivity index (χ1n) is 9.93. The van der Waals surface area contributed by atoms with Crippen LogP contribution < -0.4 is 10.6 Å². The van der Waals surface area contributed by atoms with Gasteiger partial charge in [0.05, 0.1) is 17.7 Å². The van der Waals surface area contributed by atoms with E-state index in [4.69, 9.17) is 0 Å². The van der Waals surface area contributed by atoms with Gasteiger partial charge < -0.3 is 15.7 Å². The van der Waals surface area contributed by atoms with E-state index in [-0.39, 0.29) is 30.0 Å². The highest BCUT2D eigenvalue weighted by atomic mass is 127. The average Bonchev–Trinajstić information content (AvgIpc) is 3.05. The molecule has 0 bridgehead atoms. The monoisotopic (exact) mass is 526 g/mol. The molecule has 2 fully saturated rings. The van der Waals surface area contributed by atoms with Crippen LogP contribution in [0, 0.1) is 0 Å². The summed E-state index contributed by atoms with van der Waals surface area (Å²) in [6.07, 6.45) is -0.691. The Labute approximate surface area is 187 Å². The van der Waals surface area contributed by atoms with E-state index in [1.54, 1.807) is 12.1 Å². The fraction of sp³-hybridized carbons (Fsp3) is 0.650. The van der Waals surface area contributed by atoms with E-state index in [9.17, 15) is 18.3 Å². The third-order valence-corrected chi connectivity index (χ3v) is 5.46. The minimum absolute atomic E-state index is 0. The number of halogens is 4. The summed E-state index contributed by atoms with van der Waals surface area (Å²) in [6, 6.07) is 5.61. The second-order valence-electron chi connectivity index (χ2n) is 7.83. The molecule has 1 aliphatic carbocycles. The van der Waals surface area contributed by atoms with Gasteiger partial charge in [0, 0.05) is 32.2 Å². The number of rotatable bonds is 6. The molecule has 1 aliphatic heterocycles. The van der Waals surface area contributed by atoms with Crippen molar-refractivity contribution in [1.82, 2.24) is 15.5 Å². The zero-order valence-corrected chi connectivity index (χ0v) is 19.0. The maximum absolute atomic E-state index is 12.7. The Balaban J connectivity index is 0.00000300. The largest absolute Gasteiger partial charge is 0.416 e. The number of alkyl halides is 3. The highest BCUT2D eigenvalue weighted by Gasteiger charge is 2.34.